The highest BCUT2D eigenvalue weighted by Gasteiger charge is 2.50. The number of nitrogens with zero attached hydrogens (tertiary/aromatic N) is 1. The molecule has 1 spiro atoms. The summed E-state index contributed by atoms with van der Waals surface area (Å²) in [5.74, 6) is 1.32. The second-order valence-corrected chi connectivity index (χ2v) is 7.33. The van der Waals surface area contributed by atoms with Crippen molar-refractivity contribution in [2.45, 2.75) is 71.8 Å². The number of likely N-dealkylation sites (tertiary alicyclic amines) is 1. The predicted octanol–water partition coefficient (Wildman–Crippen LogP) is 3.65. The predicted molar refractivity (Wildman–Crippen MR) is 75.6 cm³/mol. The summed E-state index contributed by atoms with van der Waals surface area (Å²) in [5.41, 5.74) is 0.344. The molecule has 0 atom stereocenters. The van der Waals surface area contributed by atoms with Crippen LogP contribution in [0.5, 0.6) is 0 Å². The van der Waals surface area contributed by atoms with Gasteiger partial charge in [0.25, 0.3) is 0 Å². The molecule has 2 nitrogen and oxygen atoms in total. The first-order valence-corrected chi connectivity index (χ1v) is 7.68. The Bertz CT molecular complexity index is 308. The molecule has 1 aliphatic heterocycles. The van der Waals surface area contributed by atoms with Gasteiger partial charge in [-0.3, -0.25) is 9.69 Å². The molecule has 0 aromatic carbocycles. The van der Waals surface area contributed by atoms with Crippen LogP contribution in [0.15, 0.2) is 0 Å². The summed E-state index contributed by atoms with van der Waals surface area (Å²) in [7, 11) is 0. The van der Waals surface area contributed by atoms with E-state index in [4.69, 9.17) is 0 Å². The zero-order valence-electron chi connectivity index (χ0n) is 12.6. The highest BCUT2D eigenvalue weighted by atomic mass is 16.1. The summed E-state index contributed by atoms with van der Waals surface area (Å²) >= 11 is 0. The topological polar surface area (TPSA) is 20.3 Å². The third kappa shape index (κ3) is 2.36. The van der Waals surface area contributed by atoms with Crippen LogP contribution in [0.25, 0.3) is 0 Å². The fraction of sp³-hybridized carbons (Fsp3) is 0.938. The zero-order chi connectivity index (χ0) is 13.4. The van der Waals surface area contributed by atoms with Gasteiger partial charge in [0.05, 0.1) is 5.54 Å². The third-order valence-corrected chi connectivity index (χ3v) is 5.26. The average Bonchev–Trinajstić information content (AvgIpc) is 2.59. The van der Waals surface area contributed by atoms with Crippen LogP contribution in [0.1, 0.15) is 66.2 Å². The fourth-order valence-electron chi connectivity index (χ4n) is 4.01. The molecule has 0 aromatic heterocycles. The average molecular weight is 251 g/mol. The van der Waals surface area contributed by atoms with Gasteiger partial charge in [-0.25, -0.2) is 0 Å². The smallest absolute Gasteiger partial charge is 0.154 e. The van der Waals surface area contributed by atoms with E-state index >= 15 is 0 Å². The maximum atomic E-state index is 12.4. The van der Waals surface area contributed by atoms with Gasteiger partial charge >= 0.3 is 0 Å². The van der Waals surface area contributed by atoms with Gasteiger partial charge in [0.15, 0.2) is 5.78 Å². The Labute approximate surface area is 112 Å². The van der Waals surface area contributed by atoms with Crippen LogP contribution in [0.3, 0.4) is 0 Å². The quantitative estimate of drug-likeness (QED) is 0.746. The summed E-state index contributed by atoms with van der Waals surface area (Å²) in [6.45, 7) is 11.4. The molecule has 1 aliphatic carbocycles. The van der Waals surface area contributed by atoms with E-state index in [-0.39, 0.29) is 5.54 Å². The molecule has 1 saturated carbocycles. The van der Waals surface area contributed by atoms with Crippen LogP contribution in [0, 0.1) is 11.3 Å². The van der Waals surface area contributed by atoms with E-state index in [1.807, 2.05) is 0 Å². The molecule has 1 heterocycles. The SMILES string of the molecule is CCCN1CCC(=O)C12CCC(C(C)(C)C)CC2. The van der Waals surface area contributed by atoms with E-state index in [1.165, 1.54) is 12.8 Å². The maximum Gasteiger partial charge on any atom is 0.154 e. The van der Waals surface area contributed by atoms with Crippen molar-refractivity contribution in [3.8, 4) is 0 Å². The van der Waals surface area contributed by atoms with Gasteiger partial charge in [0.1, 0.15) is 0 Å². The minimum absolute atomic E-state index is 0.0578. The van der Waals surface area contributed by atoms with Gasteiger partial charge in [-0.05, 0) is 50.0 Å². The fourth-order valence-corrected chi connectivity index (χ4v) is 4.01. The van der Waals surface area contributed by atoms with E-state index < -0.39 is 0 Å². The van der Waals surface area contributed by atoms with Crippen molar-refractivity contribution in [1.82, 2.24) is 4.90 Å². The highest BCUT2D eigenvalue weighted by molar-refractivity contribution is 5.90. The molecule has 0 bridgehead atoms. The lowest BCUT2D eigenvalue weighted by Crippen LogP contribution is -2.51. The molecule has 2 aliphatic rings. The molecule has 0 aromatic rings. The molecule has 18 heavy (non-hydrogen) atoms. The number of hydrogen-bond acceptors (Lipinski definition) is 2. The Kier molecular flexibility index (Phi) is 3.87. The molecule has 0 N–H and O–H groups in total. The van der Waals surface area contributed by atoms with Crippen molar-refractivity contribution < 1.29 is 4.79 Å². The van der Waals surface area contributed by atoms with Gasteiger partial charge in [0.2, 0.25) is 0 Å². The minimum Gasteiger partial charge on any atom is -0.298 e. The van der Waals surface area contributed by atoms with E-state index in [9.17, 15) is 4.79 Å². The summed E-state index contributed by atoms with van der Waals surface area (Å²) in [5, 5.41) is 0. The number of ketones is 1. The van der Waals surface area contributed by atoms with Crippen LogP contribution < -0.4 is 0 Å². The summed E-state index contributed by atoms with van der Waals surface area (Å²) < 4.78 is 0. The van der Waals surface area contributed by atoms with Crippen molar-refractivity contribution >= 4 is 5.78 Å². The van der Waals surface area contributed by atoms with Gasteiger partial charge in [-0.1, -0.05) is 27.7 Å². The largest absolute Gasteiger partial charge is 0.298 e. The Hall–Kier alpha value is -0.370. The van der Waals surface area contributed by atoms with E-state index in [2.05, 4.69) is 32.6 Å². The molecule has 104 valence electrons. The second kappa shape index (κ2) is 4.96. The maximum absolute atomic E-state index is 12.4. The Balaban J connectivity index is 2.07. The molecule has 0 radical (unpaired) electrons. The molecule has 2 fully saturated rings. The standard InChI is InChI=1S/C16H29NO/c1-5-11-17-12-8-14(18)16(17)9-6-13(7-10-16)15(2,3)4/h13H,5-12H2,1-4H3. The van der Waals surface area contributed by atoms with Gasteiger partial charge in [0, 0.05) is 13.0 Å². The van der Waals surface area contributed by atoms with Crippen LogP contribution in [0.2, 0.25) is 0 Å². The third-order valence-electron chi connectivity index (χ3n) is 5.26. The lowest BCUT2D eigenvalue weighted by atomic mass is 9.66. The normalized spacial score (nSPS) is 34.4. The van der Waals surface area contributed by atoms with Crippen molar-refractivity contribution in [3.05, 3.63) is 0 Å². The van der Waals surface area contributed by atoms with Gasteiger partial charge in [-0.2, -0.15) is 0 Å². The lowest BCUT2D eigenvalue weighted by Gasteiger charge is -2.45. The van der Waals surface area contributed by atoms with Gasteiger partial charge < -0.3 is 0 Å². The summed E-state index contributed by atoms with van der Waals surface area (Å²) in [6, 6.07) is 0. The second-order valence-electron chi connectivity index (χ2n) is 7.33. The number of rotatable bonds is 2. The minimum atomic E-state index is -0.0578. The highest BCUT2D eigenvalue weighted by Crippen LogP contribution is 2.46. The zero-order valence-corrected chi connectivity index (χ0v) is 12.6. The first-order chi connectivity index (χ1) is 8.40. The van der Waals surface area contributed by atoms with Crippen LogP contribution in [-0.2, 0) is 4.79 Å². The number of carbonyl (C=O) groups is 1. The van der Waals surface area contributed by atoms with Crippen LogP contribution in [-0.4, -0.2) is 29.3 Å². The van der Waals surface area contributed by atoms with E-state index in [0.717, 1.165) is 44.7 Å². The van der Waals surface area contributed by atoms with Crippen molar-refractivity contribution in [2.75, 3.05) is 13.1 Å². The first kappa shape index (κ1) is 14.0. The summed E-state index contributed by atoms with van der Waals surface area (Å²) in [6.07, 6.45) is 6.63. The Morgan fingerprint density at radius 1 is 1.28 bits per heavy atom. The van der Waals surface area contributed by atoms with Gasteiger partial charge in [-0.15, -0.1) is 0 Å². The van der Waals surface area contributed by atoms with Crippen molar-refractivity contribution in [2.24, 2.45) is 11.3 Å². The first-order valence-electron chi connectivity index (χ1n) is 7.68. The molecule has 1 saturated heterocycles. The lowest BCUT2D eigenvalue weighted by molar-refractivity contribution is -0.128. The molecule has 2 rings (SSSR count). The van der Waals surface area contributed by atoms with Crippen LogP contribution in [0.4, 0.5) is 0 Å². The number of carbonyl (C=O) groups excluding carboxylic acids is 1. The molecule has 0 unspecified atom stereocenters. The Morgan fingerprint density at radius 3 is 2.39 bits per heavy atom. The summed E-state index contributed by atoms with van der Waals surface area (Å²) in [4.78, 5) is 14.8. The molecule has 2 heteroatoms. The van der Waals surface area contributed by atoms with Crippen molar-refractivity contribution in [3.63, 3.8) is 0 Å². The molecular weight excluding hydrogens is 222 g/mol. The van der Waals surface area contributed by atoms with E-state index in [1.54, 1.807) is 0 Å². The van der Waals surface area contributed by atoms with E-state index in [0.29, 0.717) is 11.2 Å². The van der Waals surface area contributed by atoms with Crippen LogP contribution >= 0.6 is 0 Å². The monoisotopic (exact) mass is 251 g/mol. The Morgan fingerprint density at radius 2 is 1.89 bits per heavy atom. The molecular formula is C16H29NO. The van der Waals surface area contributed by atoms with Crippen molar-refractivity contribution in [1.29, 1.82) is 0 Å². The number of hydrogen-bond donors (Lipinski definition) is 0. The number of Topliss-reactive ketones (excluding diaryl/α,β-unsaturated/α-hetero) is 1. The molecule has 0 amide bonds.